The number of hydrogen-bond acceptors (Lipinski definition) is 3. The smallest absolute Gasteiger partial charge is 0.0731 e. The second-order valence-electron chi connectivity index (χ2n) is 8.74. The molecule has 1 heterocycles. The van der Waals surface area contributed by atoms with Crippen LogP contribution in [0.3, 0.4) is 0 Å². The number of morpholine rings is 1. The summed E-state index contributed by atoms with van der Waals surface area (Å²) in [6.07, 6.45) is 9.60. The highest BCUT2D eigenvalue weighted by Crippen LogP contribution is 2.48. The number of fused-ring (bicyclic) bond motifs is 1. The first kappa shape index (κ1) is 15.8. The Kier molecular flexibility index (Phi) is 4.37. The minimum atomic E-state index is 0.213. The van der Waals surface area contributed by atoms with Gasteiger partial charge in [-0.3, -0.25) is 4.90 Å². The van der Waals surface area contributed by atoms with Gasteiger partial charge in [-0.05, 0) is 43.4 Å². The van der Waals surface area contributed by atoms with E-state index in [1.165, 1.54) is 44.9 Å². The van der Waals surface area contributed by atoms with E-state index in [1.807, 2.05) is 0 Å². The van der Waals surface area contributed by atoms with Crippen LogP contribution in [-0.2, 0) is 4.74 Å². The van der Waals surface area contributed by atoms with Gasteiger partial charge in [-0.25, -0.2) is 0 Å². The van der Waals surface area contributed by atoms with Crippen molar-refractivity contribution in [3.8, 4) is 0 Å². The maximum Gasteiger partial charge on any atom is 0.0731 e. The third-order valence-corrected chi connectivity index (χ3v) is 6.16. The van der Waals surface area contributed by atoms with Gasteiger partial charge in [0.05, 0.1) is 12.7 Å². The Balaban J connectivity index is 1.86. The quantitative estimate of drug-likeness (QED) is 0.850. The van der Waals surface area contributed by atoms with Crippen molar-refractivity contribution in [3.63, 3.8) is 0 Å². The van der Waals surface area contributed by atoms with Crippen molar-refractivity contribution in [2.75, 3.05) is 19.7 Å². The van der Waals surface area contributed by atoms with Gasteiger partial charge in [-0.1, -0.05) is 33.6 Å². The molecule has 4 atom stereocenters. The predicted octanol–water partition coefficient (Wildman–Crippen LogP) is 3.17. The van der Waals surface area contributed by atoms with Crippen LogP contribution < -0.4 is 5.73 Å². The molecule has 3 heteroatoms. The van der Waals surface area contributed by atoms with E-state index in [9.17, 15) is 0 Å². The zero-order valence-corrected chi connectivity index (χ0v) is 14.2. The first-order valence-electron chi connectivity index (χ1n) is 9.04. The standard InChI is InChI=1S/C18H34N2O/c1-14-10-17(2,3)12-18(11-14,13-19)20-8-9-21-16-7-5-4-6-15(16)20/h14-16H,4-13,19H2,1-3H3. The van der Waals surface area contributed by atoms with Gasteiger partial charge in [0.15, 0.2) is 0 Å². The van der Waals surface area contributed by atoms with E-state index in [0.29, 0.717) is 17.6 Å². The first-order valence-corrected chi connectivity index (χ1v) is 9.04. The van der Waals surface area contributed by atoms with Gasteiger partial charge >= 0.3 is 0 Å². The van der Waals surface area contributed by atoms with Crippen LogP contribution in [0, 0.1) is 11.3 Å². The first-order chi connectivity index (χ1) is 9.96. The fourth-order valence-electron chi connectivity index (χ4n) is 5.88. The Labute approximate surface area is 130 Å². The molecule has 3 aliphatic rings. The molecule has 3 nitrogen and oxygen atoms in total. The lowest BCUT2D eigenvalue weighted by Crippen LogP contribution is -2.67. The van der Waals surface area contributed by atoms with Crippen LogP contribution in [0.5, 0.6) is 0 Å². The Bertz CT molecular complexity index is 368. The molecule has 4 unspecified atom stereocenters. The molecule has 1 aliphatic heterocycles. The summed E-state index contributed by atoms with van der Waals surface area (Å²) in [5.41, 5.74) is 7.02. The molecular formula is C18H34N2O. The molecule has 3 rings (SSSR count). The van der Waals surface area contributed by atoms with E-state index in [2.05, 4.69) is 25.7 Å². The van der Waals surface area contributed by atoms with Crippen molar-refractivity contribution in [2.24, 2.45) is 17.1 Å². The summed E-state index contributed by atoms with van der Waals surface area (Å²) in [5, 5.41) is 0. The summed E-state index contributed by atoms with van der Waals surface area (Å²) in [6, 6.07) is 0.622. The molecule has 1 saturated heterocycles. The van der Waals surface area contributed by atoms with Gasteiger partial charge < -0.3 is 10.5 Å². The highest BCUT2D eigenvalue weighted by molar-refractivity contribution is 5.05. The van der Waals surface area contributed by atoms with Crippen LogP contribution in [-0.4, -0.2) is 42.3 Å². The summed E-state index contributed by atoms with van der Waals surface area (Å²) in [4.78, 5) is 2.80. The molecule has 2 N–H and O–H groups in total. The molecule has 2 saturated carbocycles. The van der Waals surface area contributed by atoms with Crippen LogP contribution in [0.15, 0.2) is 0 Å². The number of rotatable bonds is 2. The lowest BCUT2D eigenvalue weighted by molar-refractivity contribution is -0.145. The average Bonchev–Trinajstić information content (AvgIpc) is 2.44. The summed E-state index contributed by atoms with van der Waals surface area (Å²) in [6.45, 7) is 10.1. The van der Waals surface area contributed by atoms with Gasteiger partial charge in [0, 0.05) is 24.7 Å². The lowest BCUT2D eigenvalue weighted by Gasteiger charge is -2.58. The Hall–Kier alpha value is -0.120. The molecule has 0 aromatic carbocycles. The van der Waals surface area contributed by atoms with Gasteiger partial charge in [0.2, 0.25) is 0 Å². The third kappa shape index (κ3) is 3.02. The molecule has 0 amide bonds. The number of hydrogen-bond donors (Lipinski definition) is 1. The molecule has 0 radical (unpaired) electrons. The summed E-state index contributed by atoms with van der Waals surface area (Å²) < 4.78 is 6.09. The van der Waals surface area contributed by atoms with Crippen LogP contribution in [0.2, 0.25) is 0 Å². The fourth-order valence-corrected chi connectivity index (χ4v) is 5.88. The Morgan fingerprint density at radius 1 is 1.19 bits per heavy atom. The van der Waals surface area contributed by atoms with E-state index in [1.54, 1.807) is 0 Å². The van der Waals surface area contributed by atoms with Crippen molar-refractivity contribution < 1.29 is 4.74 Å². The molecule has 0 aromatic heterocycles. The molecule has 0 spiro atoms. The van der Waals surface area contributed by atoms with Gasteiger partial charge in [-0.2, -0.15) is 0 Å². The molecule has 0 bridgehead atoms. The van der Waals surface area contributed by atoms with Crippen molar-refractivity contribution in [2.45, 2.75) is 83.4 Å². The zero-order valence-electron chi connectivity index (χ0n) is 14.2. The molecular weight excluding hydrogens is 260 g/mol. The van der Waals surface area contributed by atoms with E-state index >= 15 is 0 Å². The largest absolute Gasteiger partial charge is 0.375 e. The normalized spacial score (nSPS) is 44.3. The molecule has 21 heavy (non-hydrogen) atoms. The average molecular weight is 294 g/mol. The predicted molar refractivity (Wildman–Crippen MR) is 87.3 cm³/mol. The zero-order chi connectivity index (χ0) is 15.1. The second kappa shape index (κ2) is 5.82. The highest BCUT2D eigenvalue weighted by Gasteiger charge is 2.50. The summed E-state index contributed by atoms with van der Waals surface area (Å²) in [7, 11) is 0. The lowest BCUT2D eigenvalue weighted by atomic mass is 9.63. The van der Waals surface area contributed by atoms with Crippen LogP contribution in [0.25, 0.3) is 0 Å². The second-order valence-corrected chi connectivity index (χ2v) is 8.74. The maximum atomic E-state index is 6.39. The van der Waals surface area contributed by atoms with Crippen molar-refractivity contribution in [1.29, 1.82) is 0 Å². The Morgan fingerprint density at radius 3 is 2.67 bits per heavy atom. The fraction of sp³-hybridized carbons (Fsp3) is 1.00. The van der Waals surface area contributed by atoms with Crippen LogP contribution >= 0.6 is 0 Å². The summed E-state index contributed by atoms with van der Waals surface area (Å²) in [5.74, 6) is 0.780. The third-order valence-electron chi connectivity index (χ3n) is 6.16. The SMILES string of the molecule is CC1CC(C)(C)CC(CN)(N2CCOC3CCCCC32)C1. The minimum Gasteiger partial charge on any atom is -0.375 e. The maximum absolute atomic E-state index is 6.39. The molecule has 3 fully saturated rings. The molecule has 0 aromatic rings. The van der Waals surface area contributed by atoms with E-state index in [0.717, 1.165) is 25.6 Å². The number of nitrogens with zero attached hydrogens (tertiary/aromatic N) is 1. The van der Waals surface area contributed by atoms with E-state index in [4.69, 9.17) is 10.5 Å². The van der Waals surface area contributed by atoms with Crippen molar-refractivity contribution in [3.05, 3.63) is 0 Å². The highest BCUT2D eigenvalue weighted by atomic mass is 16.5. The van der Waals surface area contributed by atoms with Crippen molar-refractivity contribution >= 4 is 0 Å². The summed E-state index contributed by atoms with van der Waals surface area (Å²) >= 11 is 0. The van der Waals surface area contributed by atoms with Crippen LogP contribution in [0.4, 0.5) is 0 Å². The van der Waals surface area contributed by atoms with Crippen LogP contribution in [0.1, 0.15) is 65.7 Å². The van der Waals surface area contributed by atoms with E-state index in [-0.39, 0.29) is 5.54 Å². The van der Waals surface area contributed by atoms with Crippen molar-refractivity contribution in [1.82, 2.24) is 4.90 Å². The molecule has 2 aliphatic carbocycles. The number of ether oxygens (including phenoxy) is 1. The van der Waals surface area contributed by atoms with Gasteiger partial charge in [-0.15, -0.1) is 0 Å². The Morgan fingerprint density at radius 2 is 1.95 bits per heavy atom. The minimum absolute atomic E-state index is 0.213. The topological polar surface area (TPSA) is 38.5 Å². The van der Waals surface area contributed by atoms with Gasteiger partial charge in [0.25, 0.3) is 0 Å². The monoisotopic (exact) mass is 294 g/mol. The van der Waals surface area contributed by atoms with Gasteiger partial charge in [0.1, 0.15) is 0 Å². The number of nitrogens with two attached hydrogens (primary N) is 1. The molecule has 122 valence electrons. The van der Waals surface area contributed by atoms with E-state index < -0.39 is 0 Å².